The van der Waals surface area contributed by atoms with Gasteiger partial charge in [0.15, 0.2) is 0 Å². The number of esters is 1. The van der Waals surface area contributed by atoms with Crippen LogP contribution in [-0.2, 0) is 16.0 Å². The minimum atomic E-state index is -0.394. The number of thiophene rings is 1. The van der Waals surface area contributed by atoms with Crippen LogP contribution in [0.4, 0.5) is 5.00 Å². The SMILES string of the molecule is CCOC(=O)c1cc(CC)sc1NC(=O)CC(CC)CN. The molecular formula is C15H24N2O3S. The summed E-state index contributed by atoms with van der Waals surface area (Å²) in [7, 11) is 0. The number of carbonyl (C=O) groups is 2. The second kappa shape index (κ2) is 8.79. The van der Waals surface area contributed by atoms with E-state index >= 15 is 0 Å². The Hall–Kier alpha value is -1.40. The molecule has 1 aromatic rings. The molecule has 0 fully saturated rings. The molecule has 0 spiro atoms. The van der Waals surface area contributed by atoms with Crippen molar-refractivity contribution in [3.05, 3.63) is 16.5 Å². The molecule has 1 heterocycles. The first-order chi connectivity index (χ1) is 10.0. The third-order valence-electron chi connectivity index (χ3n) is 3.26. The number of aryl methyl sites for hydroxylation is 1. The number of nitrogens with one attached hydrogen (secondary N) is 1. The summed E-state index contributed by atoms with van der Waals surface area (Å²) >= 11 is 1.42. The van der Waals surface area contributed by atoms with Gasteiger partial charge in [0.25, 0.3) is 0 Å². The first-order valence-electron chi connectivity index (χ1n) is 7.35. The Morgan fingerprint density at radius 1 is 1.38 bits per heavy atom. The van der Waals surface area contributed by atoms with Crippen LogP contribution in [0.5, 0.6) is 0 Å². The van der Waals surface area contributed by atoms with Crippen molar-refractivity contribution in [2.75, 3.05) is 18.5 Å². The zero-order valence-electron chi connectivity index (χ0n) is 12.9. The van der Waals surface area contributed by atoms with Gasteiger partial charge in [0.1, 0.15) is 5.00 Å². The Kier molecular flexibility index (Phi) is 7.39. The van der Waals surface area contributed by atoms with Crippen LogP contribution in [-0.4, -0.2) is 25.0 Å². The van der Waals surface area contributed by atoms with Gasteiger partial charge in [0.05, 0.1) is 12.2 Å². The fourth-order valence-electron chi connectivity index (χ4n) is 1.90. The van der Waals surface area contributed by atoms with Gasteiger partial charge < -0.3 is 15.8 Å². The van der Waals surface area contributed by atoms with Gasteiger partial charge >= 0.3 is 5.97 Å². The van der Waals surface area contributed by atoms with Gasteiger partial charge in [-0.25, -0.2) is 4.79 Å². The van der Waals surface area contributed by atoms with Gasteiger partial charge in [-0.15, -0.1) is 11.3 Å². The lowest BCUT2D eigenvalue weighted by Gasteiger charge is -2.12. The molecular weight excluding hydrogens is 288 g/mol. The number of rotatable bonds is 8. The summed E-state index contributed by atoms with van der Waals surface area (Å²) in [5, 5.41) is 3.40. The molecule has 118 valence electrons. The highest BCUT2D eigenvalue weighted by molar-refractivity contribution is 7.16. The lowest BCUT2D eigenvalue weighted by atomic mass is 10.0. The van der Waals surface area contributed by atoms with Crippen molar-refractivity contribution in [3.63, 3.8) is 0 Å². The summed E-state index contributed by atoms with van der Waals surface area (Å²) in [4.78, 5) is 25.0. The maximum Gasteiger partial charge on any atom is 0.341 e. The zero-order valence-corrected chi connectivity index (χ0v) is 13.7. The van der Waals surface area contributed by atoms with Crippen LogP contribution in [0.2, 0.25) is 0 Å². The molecule has 21 heavy (non-hydrogen) atoms. The fraction of sp³-hybridized carbons (Fsp3) is 0.600. The van der Waals surface area contributed by atoms with Crippen molar-refractivity contribution in [3.8, 4) is 0 Å². The third-order valence-corrected chi connectivity index (χ3v) is 4.46. The van der Waals surface area contributed by atoms with E-state index in [2.05, 4.69) is 5.32 Å². The van der Waals surface area contributed by atoms with Crippen LogP contribution in [0.25, 0.3) is 0 Å². The number of anilines is 1. The second-order valence-electron chi connectivity index (χ2n) is 4.79. The van der Waals surface area contributed by atoms with Gasteiger partial charge in [0.2, 0.25) is 5.91 Å². The van der Waals surface area contributed by atoms with Crippen molar-refractivity contribution in [1.82, 2.24) is 0 Å². The molecule has 1 atom stereocenters. The molecule has 0 saturated carbocycles. The summed E-state index contributed by atoms with van der Waals surface area (Å²) in [6, 6.07) is 1.79. The number of amides is 1. The fourth-order valence-corrected chi connectivity index (χ4v) is 2.90. The highest BCUT2D eigenvalue weighted by Crippen LogP contribution is 2.29. The number of hydrogen-bond acceptors (Lipinski definition) is 5. The molecule has 0 aromatic carbocycles. The highest BCUT2D eigenvalue weighted by Gasteiger charge is 2.19. The monoisotopic (exact) mass is 312 g/mol. The molecule has 3 N–H and O–H groups in total. The summed E-state index contributed by atoms with van der Waals surface area (Å²) in [5.41, 5.74) is 6.05. The minimum Gasteiger partial charge on any atom is -0.462 e. The molecule has 0 radical (unpaired) electrons. The smallest absolute Gasteiger partial charge is 0.341 e. The number of nitrogens with two attached hydrogens (primary N) is 1. The average molecular weight is 312 g/mol. The van der Waals surface area contributed by atoms with Crippen LogP contribution < -0.4 is 11.1 Å². The second-order valence-corrected chi connectivity index (χ2v) is 5.93. The van der Waals surface area contributed by atoms with E-state index in [1.165, 1.54) is 11.3 Å². The maximum absolute atomic E-state index is 12.1. The first-order valence-corrected chi connectivity index (χ1v) is 8.16. The Bertz CT molecular complexity index is 481. The number of carbonyl (C=O) groups excluding carboxylic acids is 2. The Morgan fingerprint density at radius 3 is 2.62 bits per heavy atom. The van der Waals surface area contributed by atoms with E-state index in [-0.39, 0.29) is 11.8 Å². The van der Waals surface area contributed by atoms with Crippen LogP contribution >= 0.6 is 11.3 Å². The van der Waals surface area contributed by atoms with E-state index in [1.54, 1.807) is 13.0 Å². The predicted octanol–water partition coefficient (Wildman–Crippen LogP) is 2.80. The predicted molar refractivity (Wildman–Crippen MR) is 85.7 cm³/mol. The van der Waals surface area contributed by atoms with Gasteiger partial charge in [0, 0.05) is 11.3 Å². The van der Waals surface area contributed by atoms with E-state index in [0.717, 1.165) is 17.7 Å². The molecule has 0 aliphatic carbocycles. The molecule has 0 aliphatic heterocycles. The molecule has 0 aliphatic rings. The molecule has 1 unspecified atom stereocenters. The van der Waals surface area contributed by atoms with E-state index in [4.69, 9.17) is 10.5 Å². The van der Waals surface area contributed by atoms with Crippen LogP contribution in [0.15, 0.2) is 6.07 Å². The molecule has 5 nitrogen and oxygen atoms in total. The summed E-state index contributed by atoms with van der Waals surface area (Å²) < 4.78 is 5.03. The van der Waals surface area contributed by atoms with Gasteiger partial charge in [-0.1, -0.05) is 20.3 Å². The molecule has 0 bridgehead atoms. The quantitative estimate of drug-likeness (QED) is 0.723. The van der Waals surface area contributed by atoms with Crippen LogP contribution in [0, 0.1) is 5.92 Å². The van der Waals surface area contributed by atoms with E-state index in [9.17, 15) is 9.59 Å². The largest absolute Gasteiger partial charge is 0.462 e. The third kappa shape index (κ3) is 5.13. The van der Waals surface area contributed by atoms with Crippen molar-refractivity contribution >= 4 is 28.2 Å². The van der Waals surface area contributed by atoms with Crippen molar-refractivity contribution < 1.29 is 14.3 Å². The standard InChI is InChI=1S/C15H24N2O3S/c1-4-10(9-16)7-13(18)17-14-12(15(19)20-6-3)8-11(5-2)21-14/h8,10H,4-7,9,16H2,1-3H3,(H,17,18). The molecule has 6 heteroatoms. The van der Waals surface area contributed by atoms with E-state index in [0.29, 0.717) is 30.1 Å². The Morgan fingerprint density at radius 2 is 2.10 bits per heavy atom. The summed E-state index contributed by atoms with van der Waals surface area (Å²) in [6.45, 7) is 6.58. The molecule has 0 saturated heterocycles. The first kappa shape index (κ1) is 17.7. The van der Waals surface area contributed by atoms with Crippen molar-refractivity contribution in [2.45, 2.75) is 40.0 Å². The summed E-state index contributed by atoms with van der Waals surface area (Å²) in [5.74, 6) is -0.335. The number of ether oxygens (including phenoxy) is 1. The Labute approximate surface area is 129 Å². The van der Waals surface area contributed by atoms with Crippen LogP contribution in [0.1, 0.15) is 48.8 Å². The lowest BCUT2D eigenvalue weighted by Crippen LogP contribution is -2.22. The normalized spacial score (nSPS) is 12.0. The molecule has 1 amide bonds. The van der Waals surface area contributed by atoms with Crippen molar-refractivity contribution in [2.24, 2.45) is 11.7 Å². The molecule has 1 aromatic heterocycles. The minimum absolute atomic E-state index is 0.109. The van der Waals surface area contributed by atoms with E-state index in [1.807, 2.05) is 13.8 Å². The Balaban J connectivity index is 2.83. The van der Waals surface area contributed by atoms with Crippen molar-refractivity contribution in [1.29, 1.82) is 0 Å². The maximum atomic E-state index is 12.1. The lowest BCUT2D eigenvalue weighted by molar-refractivity contribution is -0.117. The van der Waals surface area contributed by atoms with Gasteiger partial charge in [-0.3, -0.25) is 4.79 Å². The zero-order chi connectivity index (χ0) is 15.8. The average Bonchev–Trinajstić information content (AvgIpc) is 2.88. The van der Waals surface area contributed by atoms with Gasteiger partial charge in [-0.2, -0.15) is 0 Å². The van der Waals surface area contributed by atoms with Crippen LogP contribution in [0.3, 0.4) is 0 Å². The van der Waals surface area contributed by atoms with Gasteiger partial charge in [-0.05, 0) is 31.9 Å². The highest BCUT2D eigenvalue weighted by atomic mass is 32.1. The number of hydrogen-bond donors (Lipinski definition) is 2. The topological polar surface area (TPSA) is 81.4 Å². The molecule has 1 rings (SSSR count). The summed E-state index contributed by atoms with van der Waals surface area (Å²) in [6.07, 6.45) is 2.04. The van der Waals surface area contributed by atoms with E-state index < -0.39 is 5.97 Å².